The molecule has 1 heterocycles. The molecule has 0 aromatic heterocycles. The Kier molecular flexibility index (Phi) is 5.06. The van der Waals surface area contributed by atoms with Gasteiger partial charge in [0.15, 0.2) is 0 Å². The second kappa shape index (κ2) is 6.92. The van der Waals surface area contributed by atoms with Crippen LogP contribution in [0.4, 0.5) is 11.4 Å². The molecule has 5 nitrogen and oxygen atoms in total. The lowest BCUT2D eigenvalue weighted by Gasteiger charge is -2.21. The minimum absolute atomic E-state index is 0.0144. The van der Waals surface area contributed by atoms with Crippen molar-refractivity contribution in [3.63, 3.8) is 0 Å². The van der Waals surface area contributed by atoms with E-state index < -0.39 is 10.0 Å². The maximum Gasteiger partial charge on any atom is 0.235 e. The first-order valence-corrected chi connectivity index (χ1v) is 10.5. The Morgan fingerprint density at radius 1 is 1.29 bits per heavy atom. The van der Waals surface area contributed by atoms with Gasteiger partial charge < -0.3 is 5.32 Å². The molecule has 1 aromatic carbocycles. The van der Waals surface area contributed by atoms with E-state index in [1.165, 1.54) is 17.1 Å². The zero-order valence-corrected chi connectivity index (χ0v) is 15.4. The first-order valence-electron chi connectivity index (χ1n) is 8.49. The van der Waals surface area contributed by atoms with E-state index in [-0.39, 0.29) is 17.6 Å². The summed E-state index contributed by atoms with van der Waals surface area (Å²) >= 11 is 6.19. The average molecular weight is 371 g/mol. The highest BCUT2D eigenvalue weighted by molar-refractivity contribution is 7.93. The van der Waals surface area contributed by atoms with E-state index in [1.54, 1.807) is 18.2 Å². The maximum absolute atomic E-state index is 12.5. The third-order valence-electron chi connectivity index (χ3n) is 5.10. The van der Waals surface area contributed by atoms with Crippen LogP contribution in [0.2, 0.25) is 5.02 Å². The van der Waals surface area contributed by atoms with Gasteiger partial charge in [0.1, 0.15) is 0 Å². The number of rotatable bonds is 4. The van der Waals surface area contributed by atoms with E-state index in [2.05, 4.69) is 5.32 Å². The molecular formula is C17H23ClN2O3S. The molecule has 7 heteroatoms. The Labute approximate surface area is 148 Å². The monoisotopic (exact) mass is 370 g/mol. The molecule has 1 atom stereocenters. The summed E-state index contributed by atoms with van der Waals surface area (Å²) in [4.78, 5) is 12.5. The van der Waals surface area contributed by atoms with E-state index in [0.717, 1.165) is 12.8 Å². The quantitative estimate of drug-likeness (QED) is 0.879. The number of amides is 1. The van der Waals surface area contributed by atoms with Gasteiger partial charge in [-0.05, 0) is 43.4 Å². The highest BCUT2D eigenvalue weighted by Gasteiger charge is 2.31. The molecule has 24 heavy (non-hydrogen) atoms. The molecule has 1 N–H and O–H groups in total. The lowest BCUT2D eigenvalue weighted by Crippen LogP contribution is -2.27. The fraction of sp³-hybridized carbons (Fsp3) is 0.588. The van der Waals surface area contributed by atoms with Gasteiger partial charge >= 0.3 is 0 Å². The molecule has 2 aliphatic rings. The summed E-state index contributed by atoms with van der Waals surface area (Å²) in [6, 6.07) is 5.01. The first-order chi connectivity index (χ1) is 11.4. The van der Waals surface area contributed by atoms with Gasteiger partial charge in [-0.15, -0.1) is 0 Å². The number of benzene rings is 1. The summed E-state index contributed by atoms with van der Waals surface area (Å²) in [5.41, 5.74) is 1.03. The van der Waals surface area contributed by atoms with E-state index in [0.29, 0.717) is 35.3 Å². The highest BCUT2D eigenvalue weighted by Crippen LogP contribution is 2.35. The van der Waals surface area contributed by atoms with Crippen molar-refractivity contribution in [1.29, 1.82) is 0 Å². The molecule has 1 saturated carbocycles. The first kappa shape index (κ1) is 17.5. The zero-order chi connectivity index (χ0) is 17.3. The number of carbonyl (C=O) groups is 1. The number of carbonyl (C=O) groups excluding carboxylic acids is 1. The number of hydrogen-bond acceptors (Lipinski definition) is 3. The molecule has 1 unspecified atom stereocenters. The summed E-state index contributed by atoms with van der Waals surface area (Å²) in [6.07, 6.45) is 5.19. The second-order valence-corrected chi connectivity index (χ2v) is 9.15. The molecule has 1 amide bonds. The van der Waals surface area contributed by atoms with Gasteiger partial charge in [0.25, 0.3) is 0 Å². The normalized spacial score (nSPS) is 21.8. The molecule has 1 aromatic rings. The van der Waals surface area contributed by atoms with Gasteiger partial charge in [0.2, 0.25) is 15.9 Å². The Balaban J connectivity index is 1.77. The zero-order valence-electron chi connectivity index (χ0n) is 13.8. The third-order valence-corrected chi connectivity index (χ3v) is 7.28. The van der Waals surface area contributed by atoms with Crippen LogP contribution in [0.25, 0.3) is 0 Å². The smallest absolute Gasteiger partial charge is 0.235 e. The van der Waals surface area contributed by atoms with Crippen LogP contribution in [0.5, 0.6) is 0 Å². The maximum atomic E-state index is 12.5. The minimum Gasteiger partial charge on any atom is -0.326 e. The van der Waals surface area contributed by atoms with Crippen LogP contribution < -0.4 is 9.62 Å². The average Bonchev–Trinajstić information content (AvgIpc) is 3.17. The Morgan fingerprint density at radius 3 is 2.62 bits per heavy atom. The molecule has 0 bridgehead atoms. The second-order valence-electron chi connectivity index (χ2n) is 6.73. The van der Waals surface area contributed by atoms with Crippen LogP contribution in [-0.4, -0.2) is 26.6 Å². The van der Waals surface area contributed by atoms with Crippen molar-refractivity contribution in [1.82, 2.24) is 0 Å². The van der Waals surface area contributed by atoms with Gasteiger partial charge in [0.05, 0.1) is 16.5 Å². The third kappa shape index (κ3) is 3.54. The van der Waals surface area contributed by atoms with Crippen molar-refractivity contribution in [2.24, 2.45) is 11.8 Å². The summed E-state index contributed by atoms with van der Waals surface area (Å²) in [6.45, 7) is 2.39. The Bertz CT molecular complexity index is 729. The standard InChI is InChI=1S/C17H23ClN2O3S/c1-12(13-5-2-3-6-13)17(21)19-14-7-8-15(18)16(11-14)20-9-4-10-24(20,22)23/h7-8,11-13H,2-6,9-10H2,1H3,(H,19,21). The van der Waals surface area contributed by atoms with Gasteiger partial charge in [-0.25, -0.2) is 8.42 Å². The molecule has 0 spiro atoms. The number of nitrogens with one attached hydrogen (secondary N) is 1. The summed E-state index contributed by atoms with van der Waals surface area (Å²) in [5.74, 6) is 0.524. The number of anilines is 2. The molecule has 132 valence electrons. The summed E-state index contributed by atoms with van der Waals surface area (Å²) in [5, 5.41) is 3.30. The van der Waals surface area contributed by atoms with Crippen LogP contribution >= 0.6 is 11.6 Å². The molecule has 1 aliphatic heterocycles. The lowest BCUT2D eigenvalue weighted by atomic mass is 9.92. The van der Waals surface area contributed by atoms with Crippen molar-refractivity contribution in [2.45, 2.75) is 39.0 Å². The van der Waals surface area contributed by atoms with Crippen molar-refractivity contribution in [3.05, 3.63) is 23.2 Å². The van der Waals surface area contributed by atoms with Crippen molar-refractivity contribution in [3.8, 4) is 0 Å². The van der Waals surface area contributed by atoms with E-state index in [1.807, 2.05) is 6.92 Å². The van der Waals surface area contributed by atoms with Crippen molar-refractivity contribution in [2.75, 3.05) is 21.9 Å². The largest absolute Gasteiger partial charge is 0.326 e. The number of nitrogens with zero attached hydrogens (tertiary/aromatic N) is 1. The summed E-state index contributed by atoms with van der Waals surface area (Å²) < 4.78 is 25.6. The van der Waals surface area contributed by atoms with Crippen LogP contribution in [0.1, 0.15) is 39.0 Å². The Morgan fingerprint density at radius 2 is 2.00 bits per heavy atom. The molecule has 1 saturated heterocycles. The van der Waals surface area contributed by atoms with Crippen LogP contribution in [0.3, 0.4) is 0 Å². The van der Waals surface area contributed by atoms with Gasteiger partial charge in [-0.1, -0.05) is 31.4 Å². The van der Waals surface area contributed by atoms with Gasteiger partial charge in [0, 0.05) is 18.2 Å². The predicted octanol–water partition coefficient (Wildman–Crippen LogP) is 3.64. The summed E-state index contributed by atoms with van der Waals surface area (Å²) in [7, 11) is -3.30. The molecule has 1 aliphatic carbocycles. The molecular weight excluding hydrogens is 348 g/mol. The van der Waals surface area contributed by atoms with Gasteiger partial charge in [-0.3, -0.25) is 9.10 Å². The topological polar surface area (TPSA) is 66.5 Å². The molecule has 0 radical (unpaired) electrons. The van der Waals surface area contributed by atoms with Crippen LogP contribution in [0.15, 0.2) is 18.2 Å². The molecule has 3 rings (SSSR count). The number of hydrogen-bond donors (Lipinski definition) is 1. The van der Waals surface area contributed by atoms with E-state index >= 15 is 0 Å². The highest BCUT2D eigenvalue weighted by atomic mass is 35.5. The number of halogens is 1. The Hall–Kier alpha value is -1.27. The van der Waals surface area contributed by atoms with E-state index in [4.69, 9.17) is 11.6 Å². The van der Waals surface area contributed by atoms with Crippen molar-refractivity contribution < 1.29 is 13.2 Å². The lowest BCUT2D eigenvalue weighted by molar-refractivity contribution is -0.120. The minimum atomic E-state index is -3.30. The van der Waals surface area contributed by atoms with Crippen molar-refractivity contribution >= 4 is 38.9 Å². The number of sulfonamides is 1. The van der Waals surface area contributed by atoms with Crippen LogP contribution in [-0.2, 0) is 14.8 Å². The van der Waals surface area contributed by atoms with E-state index in [9.17, 15) is 13.2 Å². The fourth-order valence-electron chi connectivity index (χ4n) is 3.62. The van der Waals surface area contributed by atoms with Gasteiger partial charge in [-0.2, -0.15) is 0 Å². The SMILES string of the molecule is CC(C(=O)Nc1ccc(Cl)c(N2CCCS2(=O)=O)c1)C1CCCC1. The molecule has 2 fully saturated rings. The predicted molar refractivity (Wildman–Crippen MR) is 97.0 cm³/mol. The fourth-order valence-corrected chi connectivity index (χ4v) is 5.46. The van der Waals surface area contributed by atoms with Crippen LogP contribution in [0, 0.1) is 11.8 Å².